The zero-order valence-corrected chi connectivity index (χ0v) is 13.5. The van der Waals surface area contributed by atoms with Crippen molar-refractivity contribution in [2.75, 3.05) is 13.1 Å². The van der Waals surface area contributed by atoms with E-state index >= 15 is 0 Å². The molecule has 1 aromatic rings. The topological polar surface area (TPSA) is 59.0 Å². The number of nitrogens with zero attached hydrogens (tertiary/aromatic N) is 2. The van der Waals surface area contributed by atoms with E-state index in [2.05, 4.69) is 45.5 Å². The molecule has 108 valence electrons. The fraction of sp³-hybridized carbons (Fsp3) is 0.692. The number of halogens is 1. The number of aromatic nitrogens is 2. The van der Waals surface area contributed by atoms with Crippen LogP contribution >= 0.6 is 15.9 Å². The van der Waals surface area contributed by atoms with E-state index < -0.39 is 0 Å². The Hall–Kier alpha value is -0.880. The van der Waals surface area contributed by atoms with Crippen molar-refractivity contribution in [3.63, 3.8) is 0 Å². The molecule has 1 aromatic heterocycles. The van der Waals surface area contributed by atoms with Crippen LogP contribution in [0.4, 0.5) is 0 Å². The normalized spacial score (nSPS) is 10.7. The molecule has 2 N–H and O–H groups in total. The molecule has 0 saturated carbocycles. The Bertz CT molecular complexity index is 417. The molecule has 6 heteroatoms. The summed E-state index contributed by atoms with van der Waals surface area (Å²) in [6.07, 6.45) is 1.42. The van der Waals surface area contributed by atoms with E-state index in [4.69, 9.17) is 0 Å². The van der Waals surface area contributed by atoms with Crippen molar-refractivity contribution in [1.29, 1.82) is 0 Å². The Kier molecular flexibility index (Phi) is 7.09. The lowest BCUT2D eigenvalue weighted by Crippen LogP contribution is -2.27. The molecule has 0 bridgehead atoms. The number of carbonyl (C=O) groups is 1. The van der Waals surface area contributed by atoms with Gasteiger partial charge in [-0.3, -0.25) is 9.48 Å². The highest BCUT2D eigenvalue weighted by molar-refractivity contribution is 9.10. The summed E-state index contributed by atoms with van der Waals surface area (Å²) in [5.74, 6) is 0.0901. The van der Waals surface area contributed by atoms with Crippen LogP contribution in [0.3, 0.4) is 0 Å². The van der Waals surface area contributed by atoms with Crippen molar-refractivity contribution in [2.45, 2.75) is 46.7 Å². The van der Waals surface area contributed by atoms with E-state index in [9.17, 15) is 4.79 Å². The second-order valence-electron chi connectivity index (χ2n) is 4.26. The van der Waals surface area contributed by atoms with Crippen molar-refractivity contribution in [2.24, 2.45) is 0 Å². The van der Waals surface area contributed by atoms with Gasteiger partial charge in [0, 0.05) is 32.6 Å². The Morgan fingerprint density at radius 3 is 2.68 bits per heavy atom. The summed E-state index contributed by atoms with van der Waals surface area (Å²) >= 11 is 3.61. The van der Waals surface area contributed by atoms with Gasteiger partial charge in [-0.2, -0.15) is 5.10 Å². The van der Waals surface area contributed by atoms with Crippen LogP contribution in [0.2, 0.25) is 0 Å². The van der Waals surface area contributed by atoms with Crippen LogP contribution in [0.1, 0.15) is 38.6 Å². The van der Waals surface area contributed by atoms with E-state index in [0.717, 1.165) is 35.4 Å². The molecule has 0 saturated heterocycles. The first kappa shape index (κ1) is 16.2. The summed E-state index contributed by atoms with van der Waals surface area (Å²) in [5, 5.41) is 10.6. The number of nitrogens with one attached hydrogen (secondary N) is 2. The van der Waals surface area contributed by atoms with Crippen LogP contribution in [-0.2, 0) is 24.3 Å². The molecule has 0 radical (unpaired) electrons. The zero-order chi connectivity index (χ0) is 14.3. The van der Waals surface area contributed by atoms with Gasteiger partial charge < -0.3 is 10.6 Å². The molecule has 0 aliphatic carbocycles. The minimum absolute atomic E-state index is 0.0901. The van der Waals surface area contributed by atoms with Crippen molar-refractivity contribution in [3.05, 3.63) is 15.9 Å². The van der Waals surface area contributed by atoms with E-state index in [-0.39, 0.29) is 5.91 Å². The lowest BCUT2D eigenvalue weighted by molar-refractivity contribution is -0.120. The van der Waals surface area contributed by atoms with Crippen molar-refractivity contribution in [3.8, 4) is 0 Å². The average molecular weight is 331 g/mol. The van der Waals surface area contributed by atoms with Crippen LogP contribution in [-0.4, -0.2) is 28.8 Å². The van der Waals surface area contributed by atoms with Gasteiger partial charge in [0.15, 0.2) is 0 Å². The number of aryl methyl sites for hydroxylation is 2. The zero-order valence-electron chi connectivity index (χ0n) is 11.9. The molecule has 1 rings (SSSR count). The fourth-order valence-electron chi connectivity index (χ4n) is 1.88. The van der Waals surface area contributed by atoms with Gasteiger partial charge in [0.25, 0.3) is 0 Å². The molecule has 19 heavy (non-hydrogen) atoms. The predicted molar refractivity (Wildman–Crippen MR) is 80.0 cm³/mol. The first-order chi connectivity index (χ1) is 9.13. The summed E-state index contributed by atoms with van der Waals surface area (Å²) in [6.45, 7) is 9.04. The third kappa shape index (κ3) is 4.62. The Morgan fingerprint density at radius 2 is 2.11 bits per heavy atom. The molecule has 0 atom stereocenters. The number of rotatable bonds is 8. The highest BCUT2D eigenvalue weighted by Gasteiger charge is 2.13. The van der Waals surface area contributed by atoms with Gasteiger partial charge in [-0.15, -0.1) is 0 Å². The quantitative estimate of drug-likeness (QED) is 0.715. The molecule has 1 amide bonds. The van der Waals surface area contributed by atoms with Gasteiger partial charge >= 0.3 is 0 Å². The third-order valence-electron chi connectivity index (χ3n) is 2.89. The maximum atomic E-state index is 11.3. The largest absolute Gasteiger partial charge is 0.356 e. The summed E-state index contributed by atoms with van der Waals surface area (Å²) in [6, 6.07) is 0. The van der Waals surface area contributed by atoms with Crippen LogP contribution in [0.15, 0.2) is 4.47 Å². The van der Waals surface area contributed by atoms with Gasteiger partial charge in [-0.1, -0.05) is 6.92 Å². The standard InChI is InChI=1S/C13H23BrN4O/c1-4-10-13(14)11(18(6-3)17-10)9-15-8-7-12(19)16-5-2/h15H,4-9H2,1-3H3,(H,16,19). The lowest BCUT2D eigenvalue weighted by atomic mass is 10.3. The van der Waals surface area contributed by atoms with E-state index in [1.54, 1.807) is 0 Å². The summed E-state index contributed by atoms with van der Waals surface area (Å²) < 4.78 is 3.09. The molecule has 5 nitrogen and oxygen atoms in total. The molecule has 0 spiro atoms. The molecule has 0 aromatic carbocycles. The minimum atomic E-state index is 0.0901. The maximum Gasteiger partial charge on any atom is 0.221 e. The van der Waals surface area contributed by atoms with Gasteiger partial charge in [0.1, 0.15) is 0 Å². The molecular formula is C13H23BrN4O. The average Bonchev–Trinajstić information content (AvgIpc) is 2.71. The molecule has 0 aliphatic heterocycles. The van der Waals surface area contributed by atoms with Crippen molar-refractivity contribution >= 4 is 21.8 Å². The Morgan fingerprint density at radius 1 is 1.37 bits per heavy atom. The highest BCUT2D eigenvalue weighted by Crippen LogP contribution is 2.22. The molecule has 0 unspecified atom stereocenters. The molecular weight excluding hydrogens is 308 g/mol. The van der Waals surface area contributed by atoms with Crippen LogP contribution in [0, 0.1) is 0 Å². The monoisotopic (exact) mass is 330 g/mol. The molecule has 0 fully saturated rings. The molecule has 1 heterocycles. The third-order valence-corrected chi connectivity index (χ3v) is 3.80. The number of hydrogen-bond acceptors (Lipinski definition) is 3. The number of hydrogen-bond donors (Lipinski definition) is 2. The van der Waals surface area contributed by atoms with E-state index in [0.29, 0.717) is 19.5 Å². The van der Waals surface area contributed by atoms with Crippen molar-refractivity contribution in [1.82, 2.24) is 20.4 Å². The first-order valence-electron chi connectivity index (χ1n) is 6.85. The number of carbonyl (C=O) groups excluding carboxylic acids is 1. The lowest BCUT2D eigenvalue weighted by Gasteiger charge is -2.07. The summed E-state index contributed by atoms with van der Waals surface area (Å²) in [4.78, 5) is 11.3. The van der Waals surface area contributed by atoms with Gasteiger partial charge in [0.05, 0.1) is 15.9 Å². The Labute approximate surface area is 123 Å². The maximum absolute atomic E-state index is 11.3. The van der Waals surface area contributed by atoms with Crippen LogP contribution in [0.25, 0.3) is 0 Å². The van der Waals surface area contributed by atoms with Crippen LogP contribution < -0.4 is 10.6 Å². The van der Waals surface area contributed by atoms with Crippen LogP contribution in [0.5, 0.6) is 0 Å². The second-order valence-corrected chi connectivity index (χ2v) is 5.05. The Balaban J connectivity index is 2.48. The number of amides is 1. The summed E-state index contributed by atoms with van der Waals surface area (Å²) in [5.41, 5.74) is 2.23. The van der Waals surface area contributed by atoms with Gasteiger partial charge in [-0.25, -0.2) is 0 Å². The van der Waals surface area contributed by atoms with E-state index in [1.165, 1.54) is 0 Å². The molecule has 0 aliphatic rings. The second kappa shape index (κ2) is 8.32. The summed E-state index contributed by atoms with van der Waals surface area (Å²) in [7, 11) is 0. The SMILES string of the molecule is CCNC(=O)CCNCc1c(Br)c(CC)nn1CC. The fourth-order valence-corrected chi connectivity index (χ4v) is 2.58. The minimum Gasteiger partial charge on any atom is -0.356 e. The van der Waals surface area contributed by atoms with E-state index in [1.807, 2.05) is 11.6 Å². The van der Waals surface area contributed by atoms with Gasteiger partial charge in [0.2, 0.25) is 5.91 Å². The predicted octanol–water partition coefficient (Wildman–Crippen LogP) is 1.84. The van der Waals surface area contributed by atoms with Gasteiger partial charge in [-0.05, 0) is 36.2 Å². The first-order valence-corrected chi connectivity index (χ1v) is 7.64. The highest BCUT2D eigenvalue weighted by atomic mass is 79.9. The smallest absolute Gasteiger partial charge is 0.221 e. The van der Waals surface area contributed by atoms with Crippen molar-refractivity contribution < 1.29 is 4.79 Å².